The number of hydrogen-bond acceptors (Lipinski definition) is 3. The quantitative estimate of drug-likeness (QED) is 0.797. The molecule has 0 bridgehead atoms. The maximum atomic E-state index is 12.8. The van der Waals surface area contributed by atoms with Crippen molar-refractivity contribution in [3.05, 3.63) is 72.6 Å². The Bertz CT molecular complexity index is 800. The van der Waals surface area contributed by atoms with Gasteiger partial charge in [0, 0.05) is 17.8 Å². The summed E-state index contributed by atoms with van der Waals surface area (Å²) in [4.78, 5) is 12.1. The van der Waals surface area contributed by atoms with E-state index in [0.29, 0.717) is 5.69 Å². The molecular weight excluding hydrogens is 319 g/mol. The van der Waals surface area contributed by atoms with E-state index >= 15 is 0 Å². The van der Waals surface area contributed by atoms with E-state index in [-0.39, 0.29) is 17.0 Å². The topological polar surface area (TPSA) is 75.3 Å². The molecule has 2 N–H and O–H groups in total. The average Bonchev–Trinajstić information content (AvgIpc) is 2.55. The van der Waals surface area contributed by atoms with Crippen molar-refractivity contribution in [3.63, 3.8) is 0 Å². The first-order chi connectivity index (χ1) is 10.9. The van der Waals surface area contributed by atoms with E-state index in [2.05, 4.69) is 16.6 Å². The van der Waals surface area contributed by atoms with Gasteiger partial charge in [-0.3, -0.25) is 4.79 Å². The van der Waals surface area contributed by atoms with E-state index < -0.39 is 21.7 Å². The highest BCUT2D eigenvalue weighted by Gasteiger charge is 2.14. The number of halogens is 1. The summed E-state index contributed by atoms with van der Waals surface area (Å²) in [6.07, 6.45) is 1.43. The van der Waals surface area contributed by atoms with Crippen LogP contribution >= 0.6 is 0 Å². The molecule has 0 aromatic heterocycles. The predicted molar refractivity (Wildman–Crippen MR) is 86.2 cm³/mol. The molecule has 23 heavy (non-hydrogen) atoms. The molecule has 0 heterocycles. The van der Waals surface area contributed by atoms with Crippen LogP contribution in [0.15, 0.2) is 66.1 Å². The van der Waals surface area contributed by atoms with Gasteiger partial charge in [0.25, 0.3) is 5.91 Å². The summed E-state index contributed by atoms with van der Waals surface area (Å²) in [6.45, 7) is 3.56. The number of anilines is 1. The second-order valence-corrected chi connectivity index (χ2v) is 6.39. The van der Waals surface area contributed by atoms with Crippen LogP contribution in [-0.2, 0) is 10.0 Å². The first kappa shape index (κ1) is 16.9. The second-order valence-electron chi connectivity index (χ2n) is 4.63. The molecule has 120 valence electrons. The Balaban J connectivity index is 2.11. The normalized spacial score (nSPS) is 11.0. The standard InChI is InChI=1S/C16H15FN2O3S/c1-2-11-18-23(21,22)15-9-3-12(4-10-15)16(20)19-14-7-5-13(17)6-8-14/h2-10,18H,1,11H2,(H,19,20). The van der Waals surface area contributed by atoms with Crippen LogP contribution in [0.3, 0.4) is 0 Å². The van der Waals surface area contributed by atoms with E-state index in [0.717, 1.165) is 0 Å². The van der Waals surface area contributed by atoms with Gasteiger partial charge < -0.3 is 5.32 Å². The summed E-state index contributed by atoms with van der Waals surface area (Å²) in [7, 11) is -3.62. The zero-order chi connectivity index (χ0) is 16.9. The highest BCUT2D eigenvalue weighted by molar-refractivity contribution is 7.89. The summed E-state index contributed by atoms with van der Waals surface area (Å²) in [5, 5.41) is 2.59. The third kappa shape index (κ3) is 4.48. The fraction of sp³-hybridized carbons (Fsp3) is 0.0625. The van der Waals surface area contributed by atoms with Gasteiger partial charge in [0.1, 0.15) is 5.82 Å². The van der Waals surface area contributed by atoms with Crippen molar-refractivity contribution in [1.82, 2.24) is 4.72 Å². The molecule has 1 amide bonds. The zero-order valence-electron chi connectivity index (χ0n) is 12.1. The minimum absolute atomic E-state index is 0.0534. The molecule has 0 aliphatic carbocycles. The Labute approximate surface area is 133 Å². The molecule has 0 fully saturated rings. The molecule has 0 saturated heterocycles. The highest BCUT2D eigenvalue weighted by atomic mass is 32.2. The first-order valence-electron chi connectivity index (χ1n) is 6.70. The molecule has 0 aliphatic rings. The molecule has 2 aromatic rings. The van der Waals surface area contributed by atoms with Crippen molar-refractivity contribution in [1.29, 1.82) is 0 Å². The molecule has 7 heteroatoms. The maximum Gasteiger partial charge on any atom is 0.255 e. The fourth-order valence-corrected chi connectivity index (χ4v) is 2.77. The van der Waals surface area contributed by atoms with Gasteiger partial charge in [-0.25, -0.2) is 17.5 Å². The summed E-state index contributed by atoms with van der Waals surface area (Å²) in [5.41, 5.74) is 0.734. The van der Waals surface area contributed by atoms with Crippen molar-refractivity contribution >= 4 is 21.6 Å². The van der Waals surface area contributed by atoms with Gasteiger partial charge >= 0.3 is 0 Å². The van der Waals surface area contributed by atoms with Crippen molar-refractivity contribution in [3.8, 4) is 0 Å². The largest absolute Gasteiger partial charge is 0.322 e. The lowest BCUT2D eigenvalue weighted by Crippen LogP contribution is -2.23. The fourth-order valence-electron chi connectivity index (χ4n) is 1.77. The number of benzene rings is 2. The van der Waals surface area contributed by atoms with Crippen LogP contribution in [0.2, 0.25) is 0 Å². The van der Waals surface area contributed by atoms with Crippen molar-refractivity contribution < 1.29 is 17.6 Å². The van der Waals surface area contributed by atoms with Crippen LogP contribution in [0.25, 0.3) is 0 Å². The number of carbonyl (C=O) groups excluding carboxylic acids is 1. The predicted octanol–water partition coefficient (Wildman–Crippen LogP) is 2.54. The molecular formula is C16H15FN2O3S. The first-order valence-corrected chi connectivity index (χ1v) is 8.18. The molecule has 0 spiro atoms. The number of rotatable bonds is 6. The number of hydrogen-bond donors (Lipinski definition) is 2. The summed E-state index contributed by atoms with van der Waals surface area (Å²) in [6, 6.07) is 10.8. The van der Waals surface area contributed by atoms with Crippen molar-refractivity contribution in [2.45, 2.75) is 4.90 Å². The lowest BCUT2D eigenvalue weighted by molar-refractivity contribution is 0.102. The van der Waals surface area contributed by atoms with E-state index in [1.54, 1.807) is 0 Å². The Morgan fingerprint density at radius 2 is 1.70 bits per heavy atom. The third-order valence-corrected chi connectivity index (χ3v) is 4.39. The van der Waals surface area contributed by atoms with Crippen LogP contribution in [0.5, 0.6) is 0 Å². The molecule has 0 aliphatic heterocycles. The van der Waals surface area contributed by atoms with Gasteiger partial charge in [0.05, 0.1) is 4.90 Å². The zero-order valence-corrected chi connectivity index (χ0v) is 12.9. The van der Waals surface area contributed by atoms with E-state index in [4.69, 9.17) is 0 Å². The Morgan fingerprint density at radius 3 is 2.26 bits per heavy atom. The van der Waals surface area contributed by atoms with Gasteiger partial charge in [0.2, 0.25) is 10.0 Å². The van der Waals surface area contributed by atoms with Gasteiger partial charge in [0.15, 0.2) is 0 Å². The van der Waals surface area contributed by atoms with E-state index in [9.17, 15) is 17.6 Å². The second kappa shape index (κ2) is 7.17. The van der Waals surface area contributed by atoms with Crippen LogP contribution < -0.4 is 10.0 Å². The molecule has 0 unspecified atom stereocenters. The van der Waals surface area contributed by atoms with Crippen LogP contribution in [-0.4, -0.2) is 20.9 Å². The Hall–Kier alpha value is -2.51. The summed E-state index contributed by atoms with van der Waals surface area (Å²) in [5.74, 6) is -0.816. The lowest BCUT2D eigenvalue weighted by atomic mass is 10.2. The molecule has 5 nitrogen and oxygen atoms in total. The van der Waals surface area contributed by atoms with Gasteiger partial charge in [-0.1, -0.05) is 6.08 Å². The Kier molecular flexibility index (Phi) is 5.25. The van der Waals surface area contributed by atoms with Crippen molar-refractivity contribution in [2.75, 3.05) is 11.9 Å². The smallest absolute Gasteiger partial charge is 0.255 e. The highest BCUT2D eigenvalue weighted by Crippen LogP contribution is 2.13. The molecule has 2 rings (SSSR count). The minimum atomic E-state index is -3.62. The lowest BCUT2D eigenvalue weighted by Gasteiger charge is -2.07. The number of sulfonamides is 1. The SMILES string of the molecule is C=CCNS(=O)(=O)c1ccc(C(=O)Nc2ccc(F)cc2)cc1. The van der Waals surface area contributed by atoms with Gasteiger partial charge in [-0.2, -0.15) is 0 Å². The van der Waals surface area contributed by atoms with Gasteiger partial charge in [-0.05, 0) is 48.5 Å². The van der Waals surface area contributed by atoms with Gasteiger partial charge in [-0.15, -0.1) is 6.58 Å². The summed E-state index contributed by atoms with van der Waals surface area (Å²) >= 11 is 0. The van der Waals surface area contributed by atoms with Crippen LogP contribution in [0.4, 0.5) is 10.1 Å². The van der Waals surface area contributed by atoms with E-state index in [1.165, 1.54) is 54.6 Å². The molecule has 0 atom stereocenters. The molecule has 2 aromatic carbocycles. The number of amides is 1. The maximum absolute atomic E-state index is 12.8. The molecule has 0 radical (unpaired) electrons. The van der Waals surface area contributed by atoms with Crippen LogP contribution in [0, 0.1) is 5.82 Å². The average molecular weight is 334 g/mol. The Morgan fingerprint density at radius 1 is 1.09 bits per heavy atom. The monoisotopic (exact) mass is 334 g/mol. The number of carbonyl (C=O) groups is 1. The third-order valence-electron chi connectivity index (χ3n) is 2.95. The molecule has 0 saturated carbocycles. The number of nitrogens with one attached hydrogen (secondary N) is 2. The van der Waals surface area contributed by atoms with Crippen molar-refractivity contribution in [2.24, 2.45) is 0 Å². The van der Waals surface area contributed by atoms with Crippen LogP contribution in [0.1, 0.15) is 10.4 Å². The summed E-state index contributed by atoms with van der Waals surface area (Å²) < 4.78 is 38.9. The van der Waals surface area contributed by atoms with E-state index in [1.807, 2.05) is 0 Å². The minimum Gasteiger partial charge on any atom is -0.322 e.